The predicted molar refractivity (Wildman–Crippen MR) is 77.3 cm³/mol. The molecule has 1 saturated heterocycles. The van der Waals surface area contributed by atoms with Gasteiger partial charge in [-0.1, -0.05) is 13.3 Å². The molecule has 2 heterocycles. The Balaban J connectivity index is 2.09. The highest BCUT2D eigenvalue weighted by atomic mass is 16.5. The first kappa shape index (κ1) is 14.7. The largest absolute Gasteiger partial charge is 0.379 e. The predicted octanol–water partition coefficient (Wildman–Crippen LogP) is 1.23. The minimum absolute atomic E-state index is 0.0910. The van der Waals surface area contributed by atoms with Crippen LogP contribution in [-0.2, 0) is 11.2 Å². The fraction of sp³-hybridized carbons (Fsp3) is 0.571. The van der Waals surface area contributed by atoms with E-state index in [1.54, 1.807) is 6.07 Å². The number of ether oxygens (including phenoxy) is 1. The number of hydrogen-bond donors (Lipinski definition) is 3. The van der Waals surface area contributed by atoms with Crippen molar-refractivity contribution in [1.82, 2.24) is 10.3 Å². The lowest BCUT2D eigenvalue weighted by molar-refractivity contribution is 0.0624. The number of hydrogen-bond acceptors (Lipinski definition) is 5. The molecule has 1 aliphatic rings. The second-order valence-corrected chi connectivity index (χ2v) is 5.01. The summed E-state index contributed by atoms with van der Waals surface area (Å²) in [5.74, 6) is 5.82. The standard InChI is InChI=1S/C14H22N4O2/c1-2-4-11-7-10(8-13(16-11)18-15)14(19)17-12-5-3-6-20-9-12/h7-8,12H,2-6,9,15H2,1H3,(H,16,18)(H,17,19). The molecule has 1 aromatic rings. The Bertz CT molecular complexity index is 458. The fourth-order valence-corrected chi connectivity index (χ4v) is 2.30. The number of nitrogens with zero attached hydrogens (tertiary/aromatic N) is 1. The quantitative estimate of drug-likeness (QED) is 0.557. The van der Waals surface area contributed by atoms with Gasteiger partial charge in [-0.25, -0.2) is 10.8 Å². The molecule has 20 heavy (non-hydrogen) atoms. The number of aromatic nitrogens is 1. The first-order chi connectivity index (χ1) is 9.72. The SMILES string of the molecule is CCCc1cc(C(=O)NC2CCCOC2)cc(NN)n1. The molecule has 1 amide bonds. The summed E-state index contributed by atoms with van der Waals surface area (Å²) in [6.45, 7) is 3.44. The lowest BCUT2D eigenvalue weighted by Gasteiger charge is -2.23. The van der Waals surface area contributed by atoms with Crippen LogP contribution < -0.4 is 16.6 Å². The van der Waals surface area contributed by atoms with Crippen LogP contribution in [0.3, 0.4) is 0 Å². The van der Waals surface area contributed by atoms with E-state index in [1.807, 2.05) is 6.07 Å². The van der Waals surface area contributed by atoms with Gasteiger partial charge in [0, 0.05) is 17.9 Å². The molecular formula is C14H22N4O2. The molecule has 0 radical (unpaired) electrons. The van der Waals surface area contributed by atoms with Crippen molar-refractivity contribution in [3.8, 4) is 0 Å². The van der Waals surface area contributed by atoms with Gasteiger partial charge in [-0.3, -0.25) is 4.79 Å². The van der Waals surface area contributed by atoms with E-state index < -0.39 is 0 Å². The second kappa shape index (κ2) is 7.21. The maximum Gasteiger partial charge on any atom is 0.251 e. The lowest BCUT2D eigenvalue weighted by atomic mass is 10.1. The van der Waals surface area contributed by atoms with Crippen molar-refractivity contribution in [3.05, 3.63) is 23.4 Å². The monoisotopic (exact) mass is 278 g/mol. The van der Waals surface area contributed by atoms with E-state index in [1.165, 1.54) is 0 Å². The number of pyridine rings is 1. The number of carbonyl (C=O) groups excluding carboxylic acids is 1. The van der Waals surface area contributed by atoms with Crippen molar-refractivity contribution in [2.24, 2.45) is 5.84 Å². The van der Waals surface area contributed by atoms with Crippen LogP contribution in [0.4, 0.5) is 5.82 Å². The third-order valence-electron chi connectivity index (χ3n) is 3.29. The van der Waals surface area contributed by atoms with E-state index in [9.17, 15) is 4.79 Å². The number of carbonyl (C=O) groups is 1. The highest BCUT2D eigenvalue weighted by Gasteiger charge is 2.18. The highest BCUT2D eigenvalue weighted by Crippen LogP contribution is 2.13. The molecule has 0 aromatic carbocycles. The van der Waals surface area contributed by atoms with E-state index in [4.69, 9.17) is 10.6 Å². The Morgan fingerprint density at radius 2 is 2.40 bits per heavy atom. The molecule has 0 bridgehead atoms. The van der Waals surface area contributed by atoms with Gasteiger partial charge >= 0.3 is 0 Å². The van der Waals surface area contributed by atoms with Gasteiger partial charge in [-0.15, -0.1) is 0 Å². The summed E-state index contributed by atoms with van der Waals surface area (Å²) in [6, 6.07) is 3.58. The summed E-state index contributed by atoms with van der Waals surface area (Å²) < 4.78 is 5.37. The number of nitrogens with one attached hydrogen (secondary N) is 2. The Morgan fingerprint density at radius 1 is 1.55 bits per heavy atom. The third-order valence-corrected chi connectivity index (χ3v) is 3.29. The highest BCUT2D eigenvalue weighted by molar-refractivity contribution is 5.95. The van der Waals surface area contributed by atoms with Crippen molar-refractivity contribution in [3.63, 3.8) is 0 Å². The molecular weight excluding hydrogens is 256 g/mol. The summed E-state index contributed by atoms with van der Waals surface area (Å²) >= 11 is 0. The van der Waals surface area contributed by atoms with Gasteiger partial charge in [0.2, 0.25) is 0 Å². The number of nitrogen functional groups attached to an aromatic ring is 1. The molecule has 1 atom stereocenters. The maximum atomic E-state index is 12.3. The summed E-state index contributed by atoms with van der Waals surface area (Å²) in [4.78, 5) is 16.6. The Labute approximate surface area is 119 Å². The van der Waals surface area contributed by atoms with Crippen LogP contribution in [0.2, 0.25) is 0 Å². The smallest absolute Gasteiger partial charge is 0.251 e. The molecule has 4 N–H and O–H groups in total. The normalized spacial score (nSPS) is 18.6. The first-order valence-corrected chi connectivity index (χ1v) is 7.09. The Morgan fingerprint density at radius 3 is 3.05 bits per heavy atom. The molecule has 110 valence electrons. The van der Waals surface area contributed by atoms with Gasteiger partial charge in [0.15, 0.2) is 0 Å². The molecule has 2 rings (SSSR count). The first-order valence-electron chi connectivity index (χ1n) is 7.09. The maximum absolute atomic E-state index is 12.3. The zero-order valence-electron chi connectivity index (χ0n) is 11.8. The van der Waals surface area contributed by atoms with Crippen molar-refractivity contribution >= 4 is 11.7 Å². The van der Waals surface area contributed by atoms with E-state index in [0.29, 0.717) is 18.0 Å². The number of hydrazine groups is 1. The van der Waals surface area contributed by atoms with Crippen molar-refractivity contribution in [2.75, 3.05) is 18.6 Å². The molecule has 1 unspecified atom stereocenters. The molecule has 1 aliphatic heterocycles. The van der Waals surface area contributed by atoms with Crippen molar-refractivity contribution in [2.45, 2.75) is 38.6 Å². The average Bonchev–Trinajstić information content (AvgIpc) is 2.48. The summed E-state index contributed by atoms with van der Waals surface area (Å²) in [5.41, 5.74) is 3.96. The van der Waals surface area contributed by atoms with Crippen molar-refractivity contribution in [1.29, 1.82) is 0 Å². The van der Waals surface area contributed by atoms with Crippen LogP contribution in [0.5, 0.6) is 0 Å². The van der Waals surface area contributed by atoms with Crippen LogP contribution in [0.25, 0.3) is 0 Å². The summed E-state index contributed by atoms with van der Waals surface area (Å²) in [6.07, 6.45) is 3.74. The number of rotatable bonds is 5. The van der Waals surface area contributed by atoms with Crippen LogP contribution >= 0.6 is 0 Å². The fourth-order valence-electron chi connectivity index (χ4n) is 2.30. The summed E-state index contributed by atoms with van der Waals surface area (Å²) in [7, 11) is 0. The zero-order chi connectivity index (χ0) is 14.4. The molecule has 0 saturated carbocycles. The van der Waals surface area contributed by atoms with E-state index in [0.717, 1.165) is 38.0 Å². The number of aryl methyl sites for hydroxylation is 1. The van der Waals surface area contributed by atoms with Crippen LogP contribution in [-0.4, -0.2) is 30.1 Å². The molecule has 6 nitrogen and oxygen atoms in total. The van der Waals surface area contributed by atoms with Gasteiger partial charge in [-0.2, -0.15) is 0 Å². The van der Waals surface area contributed by atoms with Gasteiger partial charge in [0.25, 0.3) is 5.91 Å². The van der Waals surface area contributed by atoms with Gasteiger partial charge in [0.05, 0.1) is 12.6 Å². The summed E-state index contributed by atoms with van der Waals surface area (Å²) in [5, 5.41) is 3.00. The van der Waals surface area contributed by atoms with Crippen LogP contribution in [0.15, 0.2) is 12.1 Å². The van der Waals surface area contributed by atoms with Crippen LogP contribution in [0.1, 0.15) is 42.2 Å². The third kappa shape index (κ3) is 3.91. The molecule has 6 heteroatoms. The van der Waals surface area contributed by atoms with E-state index in [2.05, 4.69) is 22.7 Å². The Hall–Kier alpha value is -1.66. The minimum atomic E-state index is -0.100. The molecule has 1 fully saturated rings. The van der Waals surface area contributed by atoms with Gasteiger partial charge in [-0.05, 0) is 31.4 Å². The Kier molecular flexibility index (Phi) is 5.31. The molecule has 0 spiro atoms. The van der Waals surface area contributed by atoms with Crippen LogP contribution in [0, 0.1) is 0 Å². The average molecular weight is 278 g/mol. The van der Waals surface area contributed by atoms with Gasteiger partial charge in [0.1, 0.15) is 5.82 Å². The van der Waals surface area contributed by atoms with Gasteiger partial charge < -0.3 is 15.5 Å². The zero-order valence-corrected chi connectivity index (χ0v) is 11.8. The number of nitrogens with two attached hydrogens (primary N) is 1. The van der Waals surface area contributed by atoms with E-state index >= 15 is 0 Å². The lowest BCUT2D eigenvalue weighted by Crippen LogP contribution is -2.40. The molecule has 1 aromatic heterocycles. The number of amides is 1. The second-order valence-electron chi connectivity index (χ2n) is 5.01. The van der Waals surface area contributed by atoms with E-state index in [-0.39, 0.29) is 11.9 Å². The minimum Gasteiger partial charge on any atom is -0.379 e. The topological polar surface area (TPSA) is 89.3 Å². The van der Waals surface area contributed by atoms with Crippen molar-refractivity contribution < 1.29 is 9.53 Å². The molecule has 0 aliphatic carbocycles. The number of anilines is 1.